The van der Waals surface area contributed by atoms with Gasteiger partial charge in [0, 0.05) is 28.9 Å². The van der Waals surface area contributed by atoms with Crippen molar-refractivity contribution in [1.82, 2.24) is 4.37 Å². The Balaban J connectivity index is -0.000000150. The van der Waals surface area contributed by atoms with Gasteiger partial charge in [-0.3, -0.25) is 4.99 Å². The van der Waals surface area contributed by atoms with E-state index in [1.54, 1.807) is 6.08 Å². The fourth-order valence-corrected chi connectivity index (χ4v) is 2.36. The molecular formula is C25H49N3S2. The largest absolute Gasteiger partial charge is 0.402 e. The molecule has 176 valence electrons. The Hall–Kier alpha value is -1.33. The molecule has 30 heavy (non-hydrogen) atoms. The van der Waals surface area contributed by atoms with Crippen LogP contribution < -0.4 is 5.73 Å². The molecular weight excluding hydrogens is 406 g/mol. The van der Waals surface area contributed by atoms with Crippen molar-refractivity contribution in [3.8, 4) is 0 Å². The molecule has 0 amide bonds. The SMILES string of the molecule is CC.CC.CC.CC(C)C(N)=CC=S.CC(C)C1=CC=NC1.CC(C)c1cnsc1. The highest BCUT2D eigenvalue weighted by molar-refractivity contribution is 7.79. The third kappa shape index (κ3) is 23.0. The fraction of sp³-hybridized carbons (Fsp3) is 0.640. The van der Waals surface area contributed by atoms with Gasteiger partial charge >= 0.3 is 0 Å². The standard InChI is InChI=1S/C7H11N.C6H9NS.C6H11NS.3C2H6/c1-6(2)7-3-4-8-5-7;1-5(2)6-3-7-8-4-6;1-5(2)6(7)3-4-8;3*1-2/h3-4,6H,5H2,1-2H3;3-5H,1-2H3;3-5H,7H2,1-2H3;3*1-2H3. The zero-order valence-corrected chi connectivity index (χ0v) is 23.3. The number of nitrogens with zero attached hydrogens (tertiary/aromatic N) is 2. The van der Waals surface area contributed by atoms with Crippen molar-refractivity contribution in [2.75, 3.05) is 6.54 Å². The molecule has 0 bridgehead atoms. The van der Waals surface area contributed by atoms with Gasteiger partial charge in [-0.25, -0.2) is 4.37 Å². The van der Waals surface area contributed by atoms with Gasteiger partial charge in [-0.2, -0.15) is 0 Å². The third-order valence-electron chi connectivity index (χ3n) is 3.45. The molecule has 0 spiro atoms. The van der Waals surface area contributed by atoms with Crippen molar-refractivity contribution in [1.29, 1.82) is 0 Å². The van der Waals surface area contributed by atoms with Crippen LogP contribution in [0.25, 0.3) is 0 Å². The van der Waals surface area contributed by atoms with Crippen molar-refractivity contribution in [3.05, 3.63) is 40.6 Å². The van der Waals surface area contributed by atoms with E-state index in [1.807, 2.05) is 67.8 Å². The summed E-state index contributed by atoms with van der Waals surface area (Å²) in [4.78, 5) is 4.07. The Labute approximate surface area is 198 Å². The number of allylic oxidation sites excluding steroid dienone is 3. The van der Waals surface area contributed by atoms with Crippen molar-refractivity contribution in [2.24, 2.45) is 22.6 Å². The number of rotatable bonds is 4. The number of hydrogen-bond donors (Lipinski definition) is 1. The molecule has 2 N–H and O–H groups in total. The van der Waals surface area contributed by atoms with Crippen LogP contribution in [0.15, 0.2) is 40.0 Å². The van der Waals surface area contributed by atoms with Gasteiger partial charge in [-0.05, 0) is 52.6 Å². The molecule has 1 aromatic heterocycles. The van der Waals surface area contributed by atoms with E-state index >= 15 is 0 Å². The Morgan fingerprint density at radius 1 is 1.00 bits per heavy atom. The first kappa shape index (κ1) is 36.1. The number of thiocarbonyl (C=S) groups is 1. The van der Waals surface area contributed by atoms with E-state index in [0.717, 1.165) is 12.2 Å². The number of aliphatic imine (C=N–C) groups is 1. The molecule has 0 fully saturated rings. The van der Waals surface area contributed by atoms with Crippen molar-refractivity contribution in [2.45, 2.75) is 89.0 Å². The van der Waals surface area contributed by atoms with Crippen LogP contribution in [0.4, 0.5) is 0 Å². The maximum atomic E-state index is 5.49. The summed E-state index contributed by atoms with van der Waals surface area (Å²) >= 11 is 6.08. The molecule has 3 nitrogen and oxygen atoms in total. The van der Waals surface area contributed by atoms with E-state index in [4.69, 9.17) is 5.73 Å². The number of hydrogen-bond acceptors (Lipinski definition) is 5. The van der Waals surface area contributed by atoms with Crippen molar-refractivity contribution >= 4 is 35.3 Å². The van der Waals surface area contributed by atoms with Gasteiger partial charge in [-0.1, -0.05) is 95.3 Å². The predicted molar refractivity (Wildman–Crippen MR) is 147 cm³/mol. The van der Waals surface area contributed by atoms with Crippen LogP contribution in [0.2, 0.25) is 0 Å². The van der Waals surface area contributed by atoms with Crippen LogP contribution in [-0.4, -0.2) is 22.5 Å². The zero-order chi connectivity index (χ0) is 24.5. The van der Waals surface area contributed by atoms with Gasteiger partial charge in [-0.15, -0.1) is 0 Å². The molecule has 0 aliphatic carbocycles. The minimum atomic E-state index is 0.411. The molecule has 1 aliphatic heterocycles. The zero-order valence-electron chi connectivity index (χ0n) is 21.7. The molecule has 0 unspecified atom stereocenters. The van der Waals surface area contributed by atoms with E-state index in [2.05, 4.69) is 60.7 Å². The molecule has 5 heteroatoms. The Kier molecular flexibility index (Phi) is 33.3. The van der Waals surface area contributed by atoms with Gasteiger partial charge in [0.1, 0.15) is 0 Å². The molecule has 0 saturated heterocycles. The molecule has 2 rings (SSSR count). The monoisotopic (exact) mass is 455 g/mol. The van der Waals surface area contributed by atoms with Crippen molar-refractivity contribution < 1.29 is 0 Å². The van der Waals surface area contributed by atoms with Crippen LogP contribution in [-0.2, 0) is 0 Å². The maximum absolute atomic E-state index is 5.49. The second kappa shape index (κ2) is 27.7. The van der Waals surface area contributed by atoms with Crippen LogP contribution >= 0.6 is 23.8 Å². The maximum Gasteiger partial charge on any atom is 0.0605 e. The minimum absolute atomic E-state index is 0.411. The molecule has 1 aliphatic rings. The highest BCUT2D eigenvalue weighted by Gasteiger charge is 2.02. The molecule has 0 atom stereocenters. The summed E-state index contributed by atoms with van der Waals surface area (Å²) in [5.74, 6) is 1.72. The Morgan fingerprint density at radius 3 is 1.70 bits per heavy atom. The van der Waals surface area contributed by atoms with E-state index in [-0.39, 0.29) is 0 Å². The van der Waals surface area contributed by atoms with Crippen LogP contribution in [0.1, 0.15) is 94.6 Å². The lowest BCUT2D eigenvalue weighted by molar-refractivity contribution is 0.754. The summed E-state index contributed by atoms with van der Waals surface area (Å²) in [5.41, 5.74) is 9.13. The van der Waals surface area contributed by atoms with Gasteiger partial charge < -0.3 is 5.73 Å². The van der Waals surface area contributed by atoms with Crippen LogP contribution in [0, 0.1) is 11.8 Å². The number of nitrogens with two attached hydrogens (primary N) is 1. The molecule has 0 aromatic carbocycles. The smallest absolute Gasteiger partial charge is 0.0605 e. The average Bonchev–Trinajstić information content (AvgIpc) is 3.48. The molecule has 0 saturated carbocycles. The second-order valence-electron chi connectivity index (χ2n) is 6.46. The lowest BCUT2D eigenvalue weighted by Crippen LogP contribution is -2.04. The van der Waals surface area contributed by atoms with E-state index < -0.39 is 0 Å². The van der Waals surface area contributed by atoms with Gasteiger partial charge in [0.05, 0.1) is 6.54 Å². The summed E-state index contributed by atoms with van der Waals surface area (Å²) in [5, 5.41) is 3.62. The lowest BCUT2D eigenvalue weighted by atomic mass is 10.1. The van der Waals surface area contributed by atoms with E-state index in [0.29, 0.717) is 17.8 Å². The fourth-order valence-electron chi connectivity index (χ4n) is 1.50. The van der Waals surface area contributed by atoms with Gasteiger partial charge in [0.25, 0.3) is 0 Å². The summed E-state index contributed by atoms with van der Waals surface area (Å²) in [6.45, 7) is 25.7. The highest BCUT2D eigenvalue weighted by Crippen LogP contribution is 2.13. The van der Waals surface area contributed by atoms with Gasteiger partial charge in [0.2, 0.25) is 0 Å². The Morgan fingerprint density at radius 2 is 1.53 bits per heavy atom. The first-order valence-corrected chi connectivity index (χ1v) is 12.6. The predicted octanol–water partition coefficient (Wildman–Crippen LogP) is 8.48. The van der Waals surface area contributed by atoms with Gasteiger partial charge in [0.15, 0.2) is 0 Å². The normalized spacial score (nSPS) is 11.3. The quantitative estimate of drug-likeness (QED) is 0.366. The second-order valence-corrected chi connectivity index (χ2v) is 7.39. The topological polar surface area (TPSA) is 51.3 Å². The first-order valence-electron chi connectivity index (χ1n) is 11.3. The summed E-state index contributed by atoms with van der Waals surface area (Å²) in [7, 11) is 0. The highest BCUT2D eigenvalue weighted by atomic mass is 32.1. The van der Waals surface area contributed by atoms with E-state index in [1.165, 1.54) is 28.0 Å². The van der Waals surface area contributed by atoms with Crippen LogP contribution in [0.3, 0.4) is 0 Å². The third-order valence-corrected chi connectivity index (χ3v) is 4.20. The summed E-state index contributed by atoms with van der Waals surface area (Å²) in [6, 6.07) is 0. The lowest BCUT2D eigenvalue weighted by Gasteiger charge is -2.01. The summed E-state index contributed by atoms with van der Waals surface area (Å²) in [6.07, 6.45) is 7.66. The molecule has 0 radical (unpaired) electrons. The summed E-state index contributed by atoms with van der Waals surface area (Å²) < 4.78 is 3.99. The Bertz CT molecular complexity index is 529. The van der Waals surface area contributed by atoms with Crippen LogP contribution in [0.5, 0.6) is 0 Å². The molecule has 1 aromatic rings. The molecule has 2 heterocycles. The average molecular weight is 456 g/mol. The number of aromatic nitrogens is 1. The van der Waals surface area contributed by atoms with Crippen molar-refractivity contribution in [3.63, 3.8) is 0 Å². The van der Waals surface area contributed by atoms with E-state index in [9.17, 15) is 0 Å². The minimum Gasteiger partial charge on any atom is -0.402 e. The first-order chi connectivity index (χ1) is 14.3.